The van der Waals surface area contributed by atoms with Gasteiger partial charge in [0, 0.05) is 6.04 Å². The molecule has 0 bridgehead atoms. The van der Waals surface area contributed by atoms with Crippen molar-refractivity contribution in [2.75, 3.05) is 0 Å². The normalized spacial score (nSPS) is 26.0. The van der Waals surface area contributed by atoms with E-state index >= 15 is 0 Å². The lowest BCUT2D eigenvalue weighted by molar-refractivity contribution is 0.253. The minimum atomic E-state index is -0.361. The predicted octanol–water partition coefficient (Wildman–Crippen LogP) is 4.18. The Balaban J connectivity index is 1.94. The molecule has 1 saturated carbocycles. The van der Waals surface area contributed by atoms with Crippen molar-refractivity contribution in [2.45, 2.75) is 45.1 Å². The van der Waals surface area contributed by atoms with Gasteiger partial charge in [-0.05, 0) is 48.8 Å². The highest BCUT2D eigenvalue weighted by Crippen LogP contribution is 2.31. The zero-order chi connectivity index (χ0) is 13.1. The summed E-state index contributed by atoms with van der Waals surface area (Å²) in [6, 6.07) is 5.07. The van der Waals surface area contributed by atoms with Crippen LogP contribution in [0.3, 0.4) is 0 Å². The average Bonchev–Trinajstić information content (AvgIpc) is 2.34. The standard InChI is InChI=1S/C15H21ClFN/c1-10-2-5-12(6-3-10)15(18)9-11-4-7-14(17)13(16)8-11/h4,7-8,10,12,15H,2-3,5-6,9,18H2,1H3. The summed E-state index contributed by atoms with van der Waals surface area (Å²) in [7, 11) is 0. The lowest BCUT2D eigenvalue weighted by atomic mass is 9.78. The van der Waals surface area contributed by atoms with E-state index in [0.29, 0.717) is 5.92 Å². The van der Waals surface area contributed by atoms with Crippen molar-refractivity contribution in [1.82, 2.24) is 0 Å². The van der Waals surface area contributed by atoms with Gasteiger partial charge in [0.2, 0.25) is 0 Å². The van der Waals surface area contributed by atoms with Gasteiger partial charge < -0.3 is 5.73 Å². The van der Waals surface area contributed by atoms with Crippen LogP contribution in [-0.2, 0) is 6.42 Å². The van der Waals surface area contributed by atoms with Crippen LogP contribution in [0.5, 0.6) is 0 Å². The fourth-order valence-corrected chi connectivity index (χ4v) is 3.02. The molecule has 2 N–H and O–H groups in total. The van der Waals surface area contributed by atoms with Gasteiger partial charge in [-0.25, -0.2) is 4.39 Å². The summed E-state index contributed by atoms with van der Waals surface area (Å²) in [5.74, 6) is 1.08. The lowest BCUT2D eigenvalue weighted by Crippen LogP contribution is -2.34. The molecule has 3 heteroatoms. The molecular weight excluding hydrogens is 249 g/mol. The molecule has 0 radical (unpaired) electrons. The van der Waals surface area contributed by atoms with Crippen molar-refractivity contribution in [1.29, 1.82) is 0 Å². The number of hydrogen-bond donors (Lipinski definition) is 1. The summed E-state index contributed by atoms with van der Waals surface area (Å²) in [5.41, 5.74) is 7.31. The number of hydrogen-bond acceptors (Lipinski definition) is 1. The molecule has 0 aliphatic heterocycles. The van der Waals surface area contributed by atoms with E-state index in [1.807, 2.05) is 0 Å². The van der Waals surface area contributed by atoms with Gasteiger partial charge in [-0.2, -0.15) is 0 Å². The maximum absolute atomic E-state index is 13.1. The number of nitrogens with two attached hydrogens (primary N) is 1. The molecule has 2 rings (SSSR count). The van der Waals surface area contributed by atoms with Gasteiger partial charge in [-0.15, -0.1) is 0 Å². The Labute approximate surface area is 114 Å². The summed E-state index contributed by atoms with van der Waals surface area (Å²) >= 11 is 5.79. The van der Waals surface area contributed by atoms with Gasteiger partial charge in [0.25, 0.3) is 0 Å². The third-order valence-electron chi connectivity index (χ3n) is 4.12. The van der Waals surface area contributed by atoms with Crippen molar-refractivity contribution in [3.05, 3.63) is 34.6 Å². The van der Waals surface area contributed by atoms with E-state index in [0.717, 1.165) is 17.9 Å². The van der Waals surface area contributed by atoms with E-state index in [1.54, 1.807) is 12.1 Å². The van der Waals surface area contributed by atoms with E-state index in [9.17, 15) is 4.39 Å². The molecule has 1 aromatic carbocycles. The first kappa shape index (κ1) is 13.8. The van der Waals surface area contributed by atoms with E-state index in [4.69, 9.17) is 17.3 Å². The smallest absolute Gasteiger partial charge is 0.141 e. The number of rotatable bonds is 3. The molecule has 1 aliphatic carbocycles. The second-order valence-electron chi connectivity index (χ2n) is 5.64. The Bertz CT molecular complexity index is 399. The molecule has 1 atom stereocenters. The molecule has 0 spiro atoms. The van der Waals surface area contributed by atoms with Gasteiger partial charge >= 0.3 is 0 Å². The highest BCUT2D eigenvalue weighted by Gasteiger charge is 2.23. The van der Waals surface area contributed by atoms with Gasteiger partial charge in [0.1, 0.15) is 5.82 Å². The molecule has 0 saturated heterocycles. The largest absolute Gasteiger partial charge is 0.327 e. The molecule has 100 valence electrons. The Morgan fingerprint density at radius 3 is 2.61 bits per heavy atom. The first-order chi connectivity index (χ1) is 8.56. The zero-order valence-corrected chi connectivity index (χ0v) is 11.6. The van der Waals surface area contributed by atoms with E-state index in [2.05, 4.69) is 6.92 Å². The van der Waals surface area contributed by atoms with Crippen molar-refractivity contribution >= 4 is 11.6 Å². The fraction of sp³-hybridized carbons (Fsp3) is 0.600. The van der Waals surface area contributed by atoms with Crippen LogP contribution in [-0.4, -0.2) is 6.04 Å². The second kappa shape index (κ2) is 6.03. The summed E-state index contributed by atoms with van der Waals surface area (Å²) in [5, 5.41) is 0.192. The van der Waals surface area contributed by atoms with Gasteiger partial charge in [0.05, 0.1) is 5.02 Å². The van der Waals surface area contributed by atoms with Crippen LogP contribution >= 0.6 is 11.6 Å². The van der Waals surface area contributed by atoms with Crippen molar-refractivity contribution in [3.8, 4) is 0 Å². The van der Waals surface area contributed by atoms with E-state index in [-0.39, 0.29) is 16.9 Å². The van der Waals surface area contributed by atoms with Gasteiger partial charge in [-0.1, -0.05) is 37.4 Å². The second-order valence-corrected chi connectivity index (χ2v) is 6.04. The molecule has 0 amide bonds. The molecule has 1 aliphatic rings. The van der Waals surface area contributed by atoms with E-state index in [1.165, 1.54) is 31.7 Å². The van der Waals surface area contributed by atoms with Gasteiger partial charge in [-0.3, -0.25) is 0 Å². The first-order valence-electron chi connectivity index (χ1n) is 6.75. The quantitative estimate of drug-likeness (QED) is 0.875. The van der Waals surface area contributed by atoms with Gasteiger partial charge in [0.15, 0.2) is 0 Å². The van der Waals surface area contributed by atoms with Crippen molar-refractivity contribution < 1.29 is 4.39 Å². The minimum Gasteiger partial charge on any atom is -0.327 e. The Morgan fingerprint density at radius 1 is 1.33 bits per heavy atom. The Kier molecular flexibility index (Phi) is 4.63. The monoisotopic (exact) mass is 269 g/mol. The number of halogens is 2. The third kappa shape index (κ3) is 3.46. The maximum Gasteiger partial charge on any atom is 0.141 e. The minimum absolute atomic E-state index is 0.166. The van der Waals surface area contributed by atoms with Crippen LogP contribution in [0, 0.1) is 17.7 Å². The van der Waals surface area contributed by atoms with E-state index < -0.39 is 0 Å². The maximum atomic E-state index is 13.1. The molecule has 0 heterocycles. The first-order valence-corrected chi connectivity index (χ1v) is 7.13. The predicted molar refractivity (Wildman–Crippen MR) is 74.2 cm³/mol. The molecule has 1 aromatic rings. The molecule has 1 unspecified atom stereocenters. The van der Waals surface area contributed by atoms with Crippen LogP contribution in [0.2, 0.25) is 5.02 Å². The SMILES string of the molecule is CC1CCC(C(N)Cc2ccc(F)c(Cl)c2)CC1. The average molecular weight is 270 g/mol. The van der Waals surface area contributed by atoms with Crippen LogP contribution in [0.1, 0.15) is 38.2 Å². The number of benzene rings is 1. The Morgan fingerprint density at radius 2 is 2.00 bits per heavy atom. The topological polar surface area (TPSA) is 26.0 Å². The third-order valence-corrected chi connectivity index (χ3v) is 4.41. The highest BCUT2D eigenvalue weighted by molar-refractivity contribution is 6.30. The van der Waals surface area contributed by atoms with Crippen LogP contribution in [0.25, 0.3) is 0 Å². The summed E-state index contributed by atoms with van der Waals surface area (Å²) in [4.78, 5) is 0. The lowest BCUT2D eigenvalue weighted by Gasteiger charge is -2.30. The van der Waals surface area contributed by atoms with Crippen molar-refractivity contribution in [2.24, 2.45) is 17.6 Å². The molecule has 0 aromatic heterocycles. The summed E-state index contributed by atoms with van der Waals surface area (Å²) in [6.07, 6.45) is 5.79. The molecule has 18 heavy (non-hydrogen) atoms. The zero-order valence-electron chi connectivity index (χ0n) is 10.8. The van der Waals surface area contributed by atoms with Crippen LogP contribution in [0.4, 0.5) is 4.39 Å². The summed E-state index contributed by atoms with van der Waals surface area (Å²) < 4.78 is 13.1. The van der Waals surface area contributed by atoms with Crippen molar-refractivity contribution in [3.63, 3.8) is 0 Å². The molecule has 1 fully saturated rings. The highest BCUT2D eigenvalue weighted by atomic mass is 35.5. The fourth-order valence-electron chi connectivity index (χ4n) is 2.82. The summed E-state index contributed by atoms with van der Waals surface area (Å²) in [6.45, 7) is 2.31. The Hall–Kier alpha value is -0.600. The van der Waals surface area contributed by atoms with Crippen LogP contribution < -0.4 is 5.73 Å². The molecular formula is C15H21ClFN. The van der Waals surface area contributed by atoms with Crippen LogP contribution in [0.15, 0.2) is 18.2 Å². The molecule has 1 nitrogen and oxygen atoms in total.